The van der Waals surface area contributed by atoms with E-state index >= 15 is 0 Å². The molecule has 2 aromatic rings. The Bertz CT molecular complexity index is 697. The van der Waals surface area contributed by atoms with Gasteiger partial charge in [0.05, 0.1) is 12.6 Å². The summed E-state index contributed by atoms with van der Waals surface area (Å²) >= 11 is 0. The van der Waals surface area contributed by atoms with Gasteiger partial charge >= 0.3 is 0 Å². The summed E-state index contributed by atoms with van der Waals surface area (Å²) in [6.45, 7) is 6.44. The average molecular weight is 330 g/mol. The number of aromatic nitrogens is 2. The van der Waals surface area contributed by atoms with Crippen LogP contribution in [0.3, 0.4) is 0 Å². The second-order valence-electron chi connectivity index (χ2n) is 5.97. The number of nitrogens with zero attached hydrogens (tertiary/aromatic N) is 2. The predicted molar refractivity (Wildman–Crippen MR) is 94.7 cm³/mol. The number of methoxy groups -OCH3 is 1. The monoisotopic (exact) mass is 330 g/mol. The van der Waals surface area contributed by atoms with Crippen molar-refractivity contribution >= 4 is 5.91 Å². The summed E-state index contributed by atoms with van der Waals surface area (Å²) in [5.74, 6) is 0.489. The summed E-state index contributed by atoms with van der Waals surface area (Å²) in [4.78, 5) is 12.5. The number of hydrogen-bond donors (Lipinski definition) is 2. The van der Waals surface area contributed by atoms with Gasteiger partial charge in [-0.25, -0.2) is 4.68 Å². The molecule has 0 saturated carbocycles. The van der Waals surface area contributed by atoms with Crippen LogP contribution >= 0.6 is 0 Å². The van der Waals surface area contributed by atoms with Gasteiger partial charge in [0.2, 0.25) is 0 Å². The van der Waals surface area contributed by atoms with Gasteiger partial charge in [0.25, 0.3) is 5.91 Å². The topological polar surface area (TPSA) is 82.2 Å². The van der Waals surface area contributed by atoms with E-state index in [9.17, 15) is 4.79 Å². The van der Waals surface area contributed by atoms with Crippen molar-refractivity contribution in [2.24, 2.45) is 5.73 Å². The normalized spacial score (nSPS) is 11.4. The number of ether oxygens (including phenoxy) is 1. The fourth-order valence-electron chi connectivity index (χ4n) is 2.63. The van der Waals surface area contributed by atoms with Crippen molar-refractivity contribution < 1.29 is 9.53 Å². The fraction of sp³-hybridized carbons (Fsp3) is 0.444. The lowest BCUT2D eigenvalue weighted by atomic mass is 9.93. The molecule has 6 heteroatoms. The van der Waals surface area contributed by atoms with Gasteiger partial charge in [0, 0.05) is 12.7 Å². The number of aryl methyl sites for hydroxylation is 1. The highest BCUT2D eigenvalue weighted by Crippen LogP contribution is 2.23. The second-order valence-corrected chi connectivity index (χ2v) is 5.97. The molecule has 2 rings (SSSR count). The number of amides is 1. The van der Waals surface area contributed by atoms with Crippen LogP contribution in [0.1, 0.15) is 42.7 Å². The lowest BCUT2D eigenvalue weighted by molar-refractivity contribution is 0.0889. The van der Waals surface area contributed by atoms with Crippen LogP contribution in [0.15, 0.2) is 30.5 Å². The van der Waals surface area contributed by atoms with E-state index in [1.54, 1.807) is 24.1 Å². The van der Waals surface area contributed by atoms with Gasteiger partial charge in [-0.3, -0.25) is 4.79 Å². The Kier molecular flexibility index (Phi) is 5.62. The Morgan fingerprint density at radius 2 is 2.04 bits per heavy atom. The highest BCUT2D eigenvalue weighted by atomic mass is 16.5. The van der Waals surface area contributed by atoms with Crippen LogP contribution in [-0.4, -0.2) is 34.9 Å². The van der Waals surface area contributed by atoms with Gasteiger partial charge in [-0.05, 0) is 43.5 Å². The lowest BCUT2D eigenvalue weighted by Gasteiger charge is -2.31. The van der Waals surface area contributed by atoms with E-state index in [-0.39, 0.29) is 11.4 Å². The van der Waals surface area contributed by atoms with Crippen molar-refractivity contribution in [3.8, 4) is 11.4 Å². The van der Waals surface area contributed by atoms with Gasteiger partial charge in [-0.2, -0.15) is 5.10 Å². The first-order valence-corrected chi connectivity index (χ1v) is 8.22. The molecule has 0 radical (unpaired) electrons. The zero-order valence-electron chi connectivity index (χ0n) is 14.8. The Hall–Kier alpha value is -2.34. The standard InChI is InChI=1S/C18H26N4O2/c1-5-18(6-2,12-19)20-17(23)14-9-10-22(21-14)15-11-13(3)7-8-16(15)24-4/h7-11H,5-6,12,19H2,1-4H3,(H,20,23). The second kappa shape index (κ2) is 7.49. The van der Waals surface area contributed by atoms with Crippen LogP contribution in [0.2, 0.25) is 0 Å². The predicted octanol–water partition coefficient (Wildman–Crippen LogP) is 2.44. The van der Waals surface area contributed by atoms with E-state index in [2.05, 4.69) is 10.4 Å². The molecular formula is C18H26N4O2. The van der Waals surface area contributed by atoms with E-state index < -0.39 is 0 Å². The number of nitrogens with two attached hydrogens (primary N) is 1. The zero-order valence-corrected chi connectivity index (χ0v) is 14.8. The molecule has 24 heavy (non-hydrogen) atoms. The zero-order chi connectivity index (χ0) is 17.7. The quantitative estimate of drug-likeness (QED) is 0.817. The molecule has 1 heterocycles. The van der Waals surface area contributed by atoms with E-state index in [0.29, 0.717) is 18.0 Å². The van der Waals surface area contributed by atoms with Crippen molar-refractivity contribution in [2.75, 3.05) is 13.7 Å². The molecule has 0 bridgehead atoms. The first kappa shape index (κ1) is 18.0. The van der Waals surface area contributed by atoms with Crippen molar-refractivity contribution in [3.63, 3.8) is 0 Å². The number of carbonyl (C=O) groups is 1. The summed E-state index contributed by atoms with van der Waals surface area (Å²) in [7, 11) is 1.61. The van der Waals surface area contributed by atoms with Crippen LogP contribution in [0.25, 0.3) is 5.69 Å². The minimum atomic E-state index is -0.387. The largest absolute Gasteiger partial charge is 0.494 e. The molecular weight excluding hydrogens is 304 g/mol. The molecule has 0 unspecified atom stereocenters. The molecule has 1 aromatic carbocycles. The Balaban J connectivity index is 2.28. The number of hydrogen-bond acceptors (Lipinski definition) is 4. The first-order valence-electron chi connectivity index (χ1n) is 8.22. The maximum atomic E-state index is 12.5. The van der Waals surface area contributed by atoms with Gasteiger partial charge in [0.15, 0.2) is 5.69 Å². The lowest BCUT2D eigenvalue weighted by Crippen LogP contribution is -2.53. The summed E-state index contributed by atoms with van der Waals surface area (Å²) in [6.07, 6.45) is 3.31. The van der Waals surface area contributed by atoms with Gasteiger partial charge in [-0.1, -0.05) is 19.9 Å². The van der Waals surface area contributed by atoms with E-state index in [1.807, 2.05) is 39.0 Å². The molecule has 0 spiro atoms. The van der Waals surface area contributed by atoms with Gasteiger partial charge in [-0.15, -0.1) is 0 Å². The molecule has 6 nitrogen and oxygen atoms in total. The molecule has 0 fully saturated rings. The van der Waals surface area contributed by atoms with Crippen molar-refractivity contribution in [3.05, 3.63) is 41.7 Å². The van der Waals surface area contributed by atoms with E-state index in [4.69, 9.17) is 10.5 Å². The minimum absolute atomic E-state index is 0.213. The van der Waals surface area contributed by atoms with Gasteiger partial charge in [0.1, 0.15) is 11.4 Å². The van der Waals surface area contributed by atoms with Crippen LogP contribution in [-0.2, 0) is 0 Å². The molecule has 130 valence electrons. The minimum Gasteiger partial charge on any atom is -0.494 e. The third-order valence-corrected chi connectivity index (χ3v) is 4.53. The smallest absolute Gasteiger partial charge is 0.272 e. The van der Waals surface area contributed by atoms with Crippen LogP contribution in [0, 0.1) is 6.92 Å². The Morgan fingerprint density at radius 3 is 2.62 bits per heavy atom. The number of nitrogens with one attached hydrogen (secondary N) is 1. The third-order valence-electron chi connectivity index (χ3n) is 4.53. The number of benzene rings is 1. The first-order chi connectivity index (χ1) is 11.5. The van der Waals surface area contributed by atoms with Crippen molar-refractivity contribution in [1.82, 2.24) is 15.1 Å². The molecule has 1 amide bonds. The number of carbonyl (C=O) groups excluding carboxylic acids is 1. The molecule has 0 aliphatic carbocycles. The molecule has 0 aliphatic rings. The molecule has 0 saturated heterocycles. The maximum Gasteiger partial charge on any atom is 0.272 e. The highest BCUT2D eigenvalue weighted by molar-refractivity contribution is 5.92. The summed E-state index contributed by atoms with van der Waals surface area (Å²) < 4.78 is 7.03. The van der Waals surface area contributed by atoms with Crippen LogP contribution in [0.4, 0.5) is 0 Å². The van der Waals surface area contributed by atoms with Crippen molar-refractivity contribution in [2.45, 2.75) is 39.2 Å². The number of rotatable bonds is 7. The maximum absolute atomic E-state index is 12.5. The average Bonchev–Trinajstić information content (AvgIpc) is 3.10. The highest BCUT2D eigenvalue weighted by Gasteiger charge is 2.27. The molecule has 3 N–H and O–H groups in total. The van der Waals surface area contributed by atoms with Crippen LogP contribution in [0.5, 0.6) is 5.75 Å². The van der Waals surface area contributed by atoms with Crippen LogP contribution < -0.4 is 15.8 Å². The van der Waals surface area contributed by atoms with E-state index in [1.165, 1.54) is 0 Å². The summed E-state index contributed by atoms with van der Waals surface area (Å²) in [6, 6.07) is 7.52. The summed E-state index contributed by atoms with van der Waals surface area (Å²) in [5.41, 5.74) is 7.71. The Labute approximate surface area is 143 Å². The van der Waals surface area contributed by atoms with E-state index in [0.717, 1.165) is 24.1 Å². The molecule has 1 aromatic heterocycles. The fourth-order valence-corrected chi connectivity index (χ4v) is 2.63. The Morgan fingerprint density at radius 1 is 1.33 bits per heavy atom. The third kappa shape index (κ3) is 3.59. The SMILES string of the molecule is CCC(CC)(CN)NC(=O)c1ccn(-c2cc(C)ccc2OC)n1. The van der Waals surface area contributed by atoms with Gasteiger partial charge < -0.3 is 15.8 Å². The van der Waals surface area contributed by atoms with Crippen molar-refractivity contribution in [1.29, 1.82) is 0 Å². The molecule has 0 aliphatic heterocycles. The summed E-state index contributed by atoms with van der Waals surface area (Å²) in [5, 5.41) is 7.43. The molecule has 0 atom stereocenters.